The second-order valence-electron chi connectivity index (χ2n) is 7.87. The minimum Gasteiger partial charge on any atom is -0.489 e. The number of ether oxygens (including phenoxy) is 1. The van der Waals surface area contributed by atoms with E-state index < -0.39 is 0 Å². The molecule has 0 aliphatic heterocycles. The van der Waals surface area contributed by atoms with Gasteiger partial charge in [-0.3, -0.25) is 4.98 Å². The quantitative estimate of drug-likeness (QED) is 0.498. The van der Waals surface area contributed by atoms with Crippen molar-refractivity contribution in [2.24, 2.45) is 11.7 Å². The lowest BCUT2D eigenvalue weighted by molar-refractivity contribution is 0.209. The monoisotopic (exact) mass is 383 g/mol. The third-order valence-corrected chi connectivity index (χ3v) is 5.97. The molecule has 2 aromatic heterocycles. The smallest absolute Gasteiger partial charge is 0.120 e. The molecule has 4 aromatic rings. The summed E-state index contributed by atoms with van der Waals surface area (Å²) in [7, 11) is 0. The van der Waals surface area contributed by atoms with Crippen molar-refractivity contribution in [2.45, 2.75) is 25.5 Å². The molecule has 0 saturated heterocycles. The summed E-state index contributed by atoms with van der Waals surface area (Å²) in [6, 6.07) is 21.2. The molecule has 4 heteroatoms. The van der Waals surface area contributed by atoms with Gasteiger partial charge in [0, 0.05) is 35.6 Å². The van der Waals surface area contributed by atoms with Crippen molar-refractivity contribution in [1.82, 2.24) is 9.55 Å². The number of aromatic nitrogens is 2. The Bertz CT molecular complexity index is 1110. The zero-order chi connectivity index (χ0) is 19.6. The third kappa shape index (κ3) is 3.52. The minimum atomic E-state index is 0.528. The SMILES string of the molecule is NCC1CC(n2cc(-c3cccc(OCc4ccccc4)c3)c3cnccc32)C1. The first-order valence-electron chi connectivity index (χ1n) is 10.2. The first-order chi connectivity index (χ1) is 14.3. The Hall–Kier alpha value is -3.11. The summed E-state index contributed by atoms with van der Waals surface area (Å²) in [4.78, 5) is 4.38. The van der Waals surface area contributed by atoms with E-state index in [2.05, 4.69) is 52.1 Å². The maximum absolute atomic E-state index is 6.05. The number of benzene rings is 2. The molecule has 1 aliphatic rings. The summed E-state index contributed by atoms with van der Waals surface area (Å²) in [6.45, 7) is 1.35. The fourth-order valence-corrected chi connectivity index (χ4v) is 4.24. The van der Waals surface area contributed by atoms with Crippen molar-refractivity contribution in [1.29, 1.82) is 0 Å². The molecule has 29 heavy (non-hydrogen) atoms. The Balaban J connectivity index is 1.45. The molecule has 146 valence electrons. The Labute approximate surface area is 171 Å². The average molecular weight is 383 g/mol. The zero-order valence-electron chi connectivity index (χ0n) is 16.4. The van der Waals surface area contributed by atoms with Crippen LogP contribution in [0.15, 0.2) is 79.3 Å². The summed E-state index contributed by atoms with van der Waals surface area (Å²) in [5.74, 6) is 1.53. The zero-order valence-corrected chi connectivity index (χ0v) is 16.4. The van der Waals surface area contributed by atoms with Crippen LogP contribution in [0.25, 0.3) is 22.0 Å². The van der Waals surface area contributed by atoms with Crippen LogP contribution in [0, 0.1) is 5.92 Å². The first kappa shape index (κ1) is 18.0. The molecule has 0 unspecified atom stereocenters. The second kappa shape index (κ2) is 7.72. The van der Waals surface area contributed by atoms with Crippen molar-refractivity contribution in [3.05, 3.63) is 84.8 Å². The Morgan fingerprint density at radius 2 is 1.90 bits per heavy atom. The Morgan fingerprint density at radius 3 is 2.72 bits per heavy atom. The second-order valence-corrected chi connectivity index (χ2v) is 7.87. The predicted octanol–water partition coefficient (Wildman–Crippen LogP) is 5.19. The molecular formula is C25H25N3O. The highest BCUT2D eigenvalue weighted by Gasteiger charge is 2.30. The van der Waals surface area contributed by atoms with Crippen LogP contribution in [-0.2, 0) is 6.61 Å². The van der Waals surface area contributed by atoms with E-state index in [0.717, 1.165) is 36.3 Å². The molecule has 2 aromatic carbocycles. The molecule has 1 aliphatic carbocycles. The van der Waals surface area contributed by atoms with Crippen LogP contribution in [0.5, 0.6) is 5.75 Å². The van der Waals surface area contributed by atoms with Gasteiger partial charge >= 0.3 is 0 Å². The van der Waals surface area contributed by atoms with Crippen LogP contribution in [-0.4, -0.2) is 16.1 Å². The van der Waals surface area contributed by atoms with Crippen LogP contribution in [0.2, 0.25) is 0 Å². The van der Waals surface area contributed by atoms with Crippen LogP contribution >= 0.6 is 0 Å². The van der Waals surface area contributed by atoms with E-state index in [1.54, 1.807) is 0 Å². The Kier molecular flexibility index (Phi) is 4.78. The first-order valence-corrected chi connectivity index (χ1v) is 10.2. The predicted molar refractivity (Wildman–Crippen MR) is 117 cm³/mol. The van der Waals surface area contributed by atoms with Gasteiger partial charge in [0.1, 0.15) is 12.4 Å². The van der Waals surface area contributed by atoms with Gasteiger partial charge in [-0.25, -0.2) is 0 Å². The largest absolute Gasteiger partial charge is 0.489 e. The lowest BCUT2D eigenvalue weighted by Crippen LogP contribution is -2.31. The number of fused-ring (bicyclic) bond motifs is 1. The molecule has 0 radical (unpaired) electrons. The number of pyridine rings is 1. The summed E-state index contributed by atoms with van der Waals surface area (Å²) in [5.41, 5.74) is 10.6. The molecule has 0 amide bonds. The number of hydrogen-bond donors (Lipinski definition) is 1. The fraction of sp³-hybridized carbons (Fsp3) is 0.240. The number of rotatable bonds is 6. The van der Waals surface area contributed by atoms with Crippen LogP contribution in [0.3, 0.4) is 0 Å². The van der Waals surface area contributed by atoms with Crippen molar-refractivity contribution in [3.8, 4) is 16.9 Å². The van der Waals surface area contributed by atoms with Crippen LogP contribution < -0.4 is 10.5 Å². The Morgan fingerprint density at radius 1 is 1.03 bits per heavy atom. The highest BCUT2D eigenvalue weighted by atomic mass is 16.5. The molecule has 0 bridgehead atoms. The molecule has 1 saturated carbocycles. The van der Waals surface area contributed by atoms with Gasteiger partial charge in [0.05, 0.1) is 5.52 Å². The molecule has 0 spiro atoms. The van der Waals surface area contributed by atoms with E-state index in [-0.39, 0.29) is 0 Å². The highest BCUT2D eigenvalue weighted by molar-refractivity contribution is 5.95. The fourth-order valence-electron chi connectivity index (χ4n) is 4.24. The lowest BCUT2D eigenvalue weighted by Gasteiger charge is -2.36. The number of nitrogens with zero attached hydrogens (tertiary/aromatic N) is 2. The lowest BCUT2D eigenvalue weighted by atomic mass is 9.80. The number of nitrogens with two attached hydrogens (primary N) is 1. The molecule has 1 fully saturated rings. The molecule has 4 nitrogen and oxygen atoms in total. The topological polar surface area (TPSA) is 53.1 Å². The molecule has 5 rings (SSSR count). The molecular weight excluding hydrogens is 358 g/mol. The average Bonchev–Trinajstić information content (AvgIpc) is 3.12. The normalized spacial score (nSPS) is 18.5. The summed E-state index contributed by atoms with van der Waals surface area (Å²) in [6.07, 6.45) is 8.43. The maximum Gasteiger partial charge on any atom is 0.120 e. The van der Waals surface area contributed by atoms with E-state index >= 15 is 0 Å². The third-order valence-electron chi connectivity index (χ3n) is 5.97. The van der Waals surface area contributed by atoms with Crippen molar-refractivity contribution < 1.29 is 4.74 Å². The van der Waals surface area contributed by atoms with Crippen molar-refractivity contribution >= 4 is 10.9 Å². The molecule has 0 atom stereocenters. The standard InChI is InChI=1S/C25H25N3O/c26-14-19-11-21(12-19)28-16-24(23-15-27-10-9-25(23)28)20-7-4-8-22(13-20)29-17-18-5-2-1-3-6-18/h1-10,13,15-16,19,21H,11-12,14,17,26H2. The van der Waals surface area contributed by atoms with E-state index in [1.165, 1.54) is 16.5 Å². The van der Waals surface area contributed by atoms with Gasteiger partial charge in [0.15, 0.2) is 0 Å². The van der Waals surface area contributed by atoms with Crippen molar-refractivity contribution in [2.75, 3.05) is 6.54 Å². The van der Waals surface area contributed by atoms with Gasteiger partial charge in [-0.1, -0.05) is 42.5 Å². The van der Waals surface area contributed by atoms with Gasteiger partial charge in [-0.05, 0) is 54.6 Å². The number of hydrogen-bond acceptors (Lipinski definition) is 3. The van der Waals surface area contributed by atoms with E-state index in [9.17, 15) is 0 Å². The summed E-state index contributed by atoms with van der Waals surface area (Å²) < 4.78 is 8.46. The minimum absolute atomic E-state index is 0.528. The van der Waals surface area contributed by atoms with E-state index in [1.807, 2.05) is 36.7 Å². The van der Waals surface area contributed by atoms with Gasteiger partial charge in [-0.2, -0.15) is 0 Å². The van der Waals surface area contributed by atoms with Crippen molar-refractivity contribution in [3.63, 3.8) is 0 Å². The van der Waals surface area contributed by atoms with Crippen LogP contribution in [0.4, 0.5) is 0 Å². The molecule has 2 N–H and O–H groups in total. The van der Waals surface area contributed by atoms with Gasteiger partial charge in [0.25, 0.3) is 0 Å². The van der Waals surface area contributed by atoms with Crippen LogP contribution in [0.1, 0.15) is 24.4 Å². The van der Waals surface area contributed by atoms with Gasteiger partial charge in [-0.15, -0.1) is 0 Å². The van der Waals surface area contributed by atoms with E-state index in [0.29, 0.717) is 18.6 Å². The summed E-state index contributed by atoms with van der Waals surface area (Å²) in [5, 5.41) is 1.18. The van der Waals surface area contributed by atoms with Gasteiger partial charge in [0.2, 0.25) is 0 Å². The highest BCUT2D eigenvalue weighted by Crippen LogP contribution is 2.42. The van der Waals surface area contributed by atoms with E-state index in [4.69, 9.17) is 10.5 Å². The summed E-state index contributed by atoms with van der Waals surface area (Å²) >= 11 is 0. The molecule has 2 heterocycles. The van der Waals surface area contributed by atoms with Gasteiger partial charge < -0.3 is 15.0 Å². The maximum atomic E-state index is 6.05.